The summed E-state index contributed by atoms with van der Waals surface area (Å²) in [5.74, 6) is -115. The number of halogens is 34. The lowest BCUT2D eigenvalue weighted by Crippen LogP contribution is -2.75. The molecule has 0 aromatic carbocycles. The summed E-state index contributed by atoms with van der Waals surface area (Å²) in [6.45, 7) is -4.02. The zero-order valence-corrected chi connectivity index (χ0v) is 24.2. The van der Waals surface area contributed by atoms with Crippen LogP contribution in [0.2, 0.25) is 0 Å². The smallest absolute Gasteiger partial charge is 0.230 e. The van der Waals surface area contributed by atoms with Crippen LogP contribution in [0.1, 0.15) is 0 Å². The van der Waals surface area contributed by atoms with Gasteiger partial charge in [-0.3, -0.25) is 0 Å². The van der Waals surface area contributed by atoms with Gasteiger partial charge in [-0.1, -0.05) is 0 Å². The highest BCUT2D eigenvalue weighted by Gasteiger charge is 2.97. The fourth-order valence-corrected chi connectivity index (χ4v) is 3.50. The van der Waals surface area contributed by atoms with Crippen molar-refractivity contribution in [1.29, 1.82) is 0 Å². The minimum Gasteiger partial charge on any atom is -0.230 e. The van der Waals surface area contributed by atoms with Crippen LogP contribution < -0.4 is 4.57 Å². The van der Waals surface area contributed by atoms with Crippen LogP contribution in [0.3, 0.4) is 0 Å². The normalized spacial score (nSPS) is 16.8. The molecule has 0 N–H and O–H groups in total. The molecule has 0 fully saturated rings. The van der Waals surface area contributed by atoms with Crippen molar-refractivity contribution < 1.29 is 154 Å². The molecule has 1 rings (SSSR count). The zero-order chi connectivity index (χ0) is 46.0. The molecular formula is C20H5F34N2+. The molecule has 1 heterocycles. The lowest BCUT2D eigenvalue weighted by molar-refractivity contribution is -0.719. The van der Waals surface area contributed by atoms with E-state index in [0.717, 1.165) is 0 Å². The van der Waals surface area contributed by atoms with E-state index >= 15 is 0 Å². The van der Waals surface area contributed by atoms with Gasteiger partial charge in [0.15, 0.2) is 6.54 Å². The number of aromatic nitrogens is 2. The van der Waals surface area contributed by atoms with Crippen molar-refractivity contribution in [3.63, 3.8) is 0 Å². The second-order valence-corrected chi connectivity index (χ2v) is 10.6. The van der Waals surface area contributed by atoms with Crippen LogP contribution in [0.4, 0.5) is 149 Å². The van der Waals surface area contributed by atoms with Crippen LogP contribution >= 0.6 is 0 Å². The topological polar surface area (TPSA) is 8.81 Å². The molecule has 0 aliphatic carbocycles. The molecule has 2 nitrogen and oxygen atoms in total. The average molecular weight is 919 g/mol. The number of hydrogen-bond donors (Lipinski definition) is 0. The third-order valence-corrected chi connectivity index (χ3v) is 6.89. The zero-order valence-electron chi connectivity index (χ0n) is 24.2. The van der Waals surface area contributed by atoms with Crippen LogP contribution in [0.5, 0.6) is 0 Å². The van der Waals surface area contributed by atoms with E-state index in [9.17, 15) is 149 Å². The van der Waals surface area contributed by atoms with Crippen molar-refractivity contribution in [2.24, 2.45) is 0 Å². The molecule has 332 valence electrons. The Hall–Kier alpha value is -3.17. The molecular weight excluding hydrogens is 914 g/mol. The molecule has 0 aliphatic rings. The minimum absolute atomic E-state index is 1.13. The Labute approximate surface area is 280 Å². The molecule has 0 amide bonds. The monoisotopic (exact) mass is 919 g/mol. The van der Waals surface area contributed by atoms with E-state index in [1.807, 2.05) is 0 Å². The largest absolute Gasteiger partial charge is 0.469 e. The summed E-state index contributed by atoms with van der Waals surface area (Å²) in [4.78, 5) is 0. The van der Waals surface area contributed by atoms with Gasteiger partial charge in [-0.25, -0.2) is 4.57 Å². The highest BCUT2D eigenvalue weighted by atomic mass is 19.4. The molecule has 0 atom stereocenters. The molecule has 0 aliphatic heterocycles. The molecule has 0 spiro atoms. The highest BCUT2D eigenvalue weighted by molar-refractivity contribution is 5.16. The van der Waals surface area contributed by atoms with E-state index in [2.05, 4.69) is 0 Å². The lowest BCUT2D eigenvalue weighted by atomic mass is 9.89. The Kier molecular flexibility index (Phi) is 11.5. The van der Waals surface area contributed by atoms with Gasteiger partial charge in [-0.2, -0.15) is 154 Å². The van der Waals surface area contributed by atoms with Crippen molar-refractivity contribution in [2.45, 2.75) is 102 Å². The summed E-state index contributed by atoms with van der Waals surface area (Å²) in [6, 6.07) is -7.75. The van der Waals surface area contributed by atoms with E-state index in [4.69, 9.17) is 0 Å². The Morgan fingerprint density at radius 1 is 0.304 bits per heavy atom. The maximum atomic E-state index is 14.3. The van der Waals surface area contributed by atoms with Crippen LogP contribution in [0, 0.1) is 0 Å². The van der Waals surface area contributed by atoms with Gasteiger partial charge in [-0.05, 0) is 0 Å². The van der Waals surface area contributed by atoms with Gasteiger partial charge in [0.1, 0.15) is 12.4 Å². The molecule has 0 radical (unpaired) electrons. The fourth-order valence-electron chi connectivity index (χ4n) is 3.50. The third-order valence-electron chi connectivity index (χ3n) is 6.89. The predicted molar refractivity (Wildman–Crippen MR) is 101 cm³/mol. The first-order valence-electron chi connectivity index (χ1n) is 12.2. The Morgan fingerprint density at radius 2 is 0.536 bits per heavy atom. The molecule has 56 heavy (non-hydrogen) atoms. The van der Waals surface area contributed by atoms with Gasteiger partial charge < -0.3 is 0 Å². The van der Waals surface area contributed by atoms with Gasteiger partial charge >= 0.3 is 95.4 Å². The van der Waals surface area contributed by atoms with E-state index in [1.165, 1.54) is 0 Å². The summed E-state index contributed by atoms with van der Waals surface area (Å²) in [6.07, 6.45) is -20.5. The molecule has 0 unspecified atom stereocenters. The van der Waals surface area contributed by atoms with Crippen molar-refractivity contribution in [2.75, 3.05) is 0 Å². The fraction of sp³-hybridized carbons (Fsp3) is 0.850. The van der Waals surface area contributed by atoms with Crippen molar-refractivity contribution in [3.05, 3.63) is 18.7 Å². The minimum atomic E-state index is -9.23. The summed E-state index contributed by atoms with van der Waals surface area (Å²) >= 11 is 0. The van der Waals surface area contributed by atoms with Gasteiger partial charge in [0, 0.05) is 0 Å². The van der Waals surface area contributed by atoms with Crippen LogP contribution in [-0.2, 0) is 12.6 Å². The molecule has 0 saturated carbocycles. The van der Waals surface area contributed by atoms with E-state index in [-0.39, 0.29) is 0 Å². The molecule has 0 bridgehead atoms. The van der Waals surface area contributed by atoms with Crippen LogP contribution in [0.25, 0.3) is 0 Å². The van der Waals surface area contributed by atoms with Crippen molar-refractivity contribution in [3.8, 4) is 0 Å². The Morgan fingerprint density at radius 3 is 0.804 bits per heavy atom. The van der Waals surface area contributed by atoms with Crippen molar-refractivity contribution in [1.82, 2.24) is 4.57 Å². The number of alkyl halides is 34. The van der Waals surface area contributed by atoms with Gasteiger partial charge in [0.2, 0.25) is 6.33 Å². The summed E-state index contributed by atoms with van der Waals surface area (Å²) < 4.78 is 451. The first-order chi connectivity index (χ1) is 23.7. The van der Waals surface area contributed by atoms with Gasteiger partial charge in [-0.15, -0.1) is 0 Å². The average Bonchev–Trinajstić information content (AvgIpc) is 3.43. The first-order valence-corrected chi connectivity index (χ1v) is 12.2. The third kappa shape index (κ3) is 6.19. The first kappa shape index (κ1) is 50.8. The Bertz CT molecular complexity index is 1570. The predicted octanol–water partition coefficient (Wildman–Crippen LogP) is 10.7. The molecule has 0 saturated heterocycles. The lowest BCUT2D eigenvalue weighted by Gasteiger charge is -2.42. The van der Waals surface area contributed by atoms with E-state index < -0.39 is 130 Å². The van der Waals surface area contributed by atoms with Gasteiger partial charge in [0.25, 0.3) is 0 Å². The van der Waals surface area contributed by atoms with Gasteiger partial charge in [0.05, 0.1) is 0 Å². The van der Waals surface area contributed by atoms with E-state index in [0.29, 0.717) is 0 Å². The second kappa shape index (κ2) is 12.7. The number of imidazole rings is 1. The number of nitrogens with zero attached hydrogens (tertiary/aromatic N) is 2. The van der Waals surface area contributed by atoms with Crippen molar-refractivity contribution >= 4 is 0 Å². The SMILES string of the molecule is FC(F)(F)C(F)(F)C(F)(F)C(F)(F)C(F)(F)C(F)(F)C(F)(F)C(F)(F)C[n+]1ccn(C(F)(F)C(F)(F)C(F)(F)C(F)(F)C(F)(F)C(F)(F)C(F)(F)C(F)(F)F)c1. The maximum Gasteiger partial charge on any atom is 0.469 e. The summed E-state index contributed by atoms with van der Waals surface area (Å²) in [7, 11) is 0. The van der Waals surface area contributed by atoms with E-state index in [1.54, 1.807) is 0 Å². The summed E-state index contributed by atoms with van der Waals surface area (Å²) in [5.41, 5.74) is 0. The second-order valence-electron chi connectivity index (χ2n) is 10.6. The molecule has 1 aromatic rings. The standard InChI is InChI=1S/C20H5F34N2/c21-5(22,6(23,24)7(25,26)8(27,28)9(29,30)12(35,36)15(41,42)18(47,48)49)3-55-1-2-56(4-55)20(53,54)17(45,46)14(39,40)11(33,34)10(31,32)13(37,38)16(43,44)19(50,51)52/h1-2,4H,3H2/q+1. The quantitative estimate of drug-likeness (QED) is 0.122. The number of hydrogen-bond acceptors (Lipinski definition) is 0. The summed E-state index contributed by atoms with van der Waals surface area (Å²) in [5, 5.41) is 0. The molecule has 36 heteroatoms. The maximum absolute atomic E-state index is 14.3. The Balaban J connectivity index is 3.77. The van der Waals surface area contributed by atoms with Crippen LogP contribution in [0.15, 0.2) is 18.7 Å². The number of rotatable bonds is 15. The molecule has 1 aromatic heterocycles. The van der Waals surface area contributed by atoms with Crippen LogP contribution in [-0.4, -0.2) is 93.9 Å². The highest BCUT2D eigenvalue weighted by Crippen LogP contribution is 2.66.